The first-order valence-corrected chi connectivity index (χ1v) is 11.5. The zero-order valence-electron chi connectivity index (χ0n) is 16.8. The SMILES string of the molecule is O=C(O)C(CNC(=O)C1CC(CCNC2NCCN2)ON1)NS(=O)(=O)c1ccccc1. The van der Waals surface area contributed by atoms with Crippen LogP contribution in [0, 0.1) is 0 Å². The number of carboxylic acids is 1. The summed E-state index contributed by atoms with van der Waals surface area (Å²) in [6.07, 6.45) is 1.01. The zero-order chi connectivity index (χ0) is 22.3. The minimum atomic E-state index is -4.04. The van der Waals surface area contributed by atoms with Crippen molar-refractivity contribution in [3.63, 3.8) is 0 Å². The maximum atomic E-state index is 12.4. The van der Waals surface area contributed by atoms with Crippen molar-refractivity contribution in [3.05, 3.63) is 30.3 Å². The molecular formula is C18H28N6O6S. The van der Waals surface area contributed by atoms with Gasteiger partial charge in [0.05, 0.1) is 11.0 Å². The fourth-order valence-corrected chi connectivity index (χ4v) is 4.48. The number of sulfonamides is 1. The molecular weight excluding hydrogens is 428 g/mol. The van der Waals surface area contributed by atoms with Crippen molar-refractivity contribution in [2.24, 2.45) is 0 Å². The fraction of sp³-hybridized carbons (Fsp3) is 0.556. The Morgan fingerprint density at radius 1 is 1.19 bits per heavy atom. The summed E-state index contributed by atoms with van der Waals surface area (Å²) in [5, 5.41) is 21.6. The van der Waals surface area contributed by atoms with E-state index in [9.17, 15) is 23.1 Å². The van der Waals surface area contributed by atoms with Crippen molar-refractivity contribution in [2.75, 3.05) is 26.2 Å². The van der Waals surface area contributed by atoms with E-state index in [1.54, 1.807) is 6.07 Å². The van der Waals surface area contributed by atoms with Gasteiger partial charge < -0.3 is 10.4 Å². The minimum Gasteiger partial charge on any atom is -0.480 e. The van der Waals surface area contributed by atoms with Crippen LogP contribution in [0.5, 0.6) is 0 Å². The highest BCUT2D eigenvalue weighted by molar-refractivity contribution is 7.89. The monoisotopic (exact) mass is 456 g/mol. The lowest BCUT2D eigenvalue weighted by molar-refractivity contribution is -0.139. The van der Waals surface area contributed by atoms with E-state index < -0.39 is 40.5 Å². The number of hydroxylamine groups is 1. The maximum Gasteiger partial charge on any atom is 0.323 e. The van der Waals surface area contributed by atoms with E-state index in [-0.39, 0.29) is 17.3 Å². The molecule has 0 radical (unpaired) electrons. The molecule has 3 atom stereocenters. The Labute approximate surface area is 180 Å². The quantitative estimate of drug-likeness (QED) is 0.191. The van der Waals surface area contributed by atoms with E-state index in [2.05, 4.69) is 31.5 Å². The summed E-state index contributed by atoms with van der Waals surface area (Å²) in [4.78, 5) is 29.2. The van der Waals surface area contributed by atoms with Gasteiger partial charge in [-0.05, 0) is 18.6 Å². The summed E-state index contributed by atoms with van der Waals surface area (Å²) in [5.74, 6) is -1.85. The maximum absolute atomic E-state index is 12.4. The van der Waals surface area contributed by atoms with E-state index in [4.69, 9.17) is 4.84 Å². The molecule has 1 aromatic carbocycles. The number of hydrogen-bond donors (Lipinski definition) is 7. The van der Waals surface area contributed by atoms with Gasteiger partial charge >= 0.3 is 5.97 Å². The van der Waals surface area contributed by atoms with Crippen molar-refractivity contribution in [2.45, 2.75) is 42.2 Å². The molecule has 7 N–H and O–H groups in total. The molecule has 0 aliphatic carbocycles. The number of aliphatic carboxylic acids is 1. The predicted molar refractivity (Wildman–Crippen MR) is 110 cm³/mol. The van der Waals surface area contributed by atoms with Crippen LogP contribution in [0.25, 0.3) is 0 Å². The Hall–Kier alpha value is -2.13. The second-order valence-corrected chi connectivity index (χ2v) is 9.01. The van der Waals surface area contributed by atoms with Crippen molar-refractivity contribution >= 4 is 21.9 Å². The number of carbonyl (C=O) groups is 2. The number of benzene rings is 1. The average molecular weight is 457 g/mol. The molecule has 0 bridgehead atoms. The Morgan fingerprint density at radius 3 is 2.58 bits per heavy atom. The van der Waals surface area contributed by atoms with E-state index >= 15 is 0 Å². The Kier molecular flexibility index (Phi) is 8.31. The van der Waals surface area contributed by atoms with E-state index in [0.717, 1.165) is 13.1 Å². The van der Waals surface area contributed by atoms with E-state index in [1.165, 1.54) is 24.3 Å². The second-order valence-electron chi connectivity index (χ2n) is 7.30. The van der Waals surface area contributed by atoms with Gasteiger partial charge in [-0.25, -0.2) is 8.42 Å². The average Bonchev–Trinajstić information content (AvgIpc) is 3.44. The first-order chi connectivity index (χ1) is 14.8. The van der Waals surface area contributed by atoms with Crippen LogP contribution < -0.4 is 31.5 Å². The number of hydrogen-bond acceptors (Lipinski definition) is 9. The molecule has 3 unspecified atom stereocenters. The van der Waals surface area contributed by atoms with Crippen LogP contribution in [-0.2, 0) is 24.4 Å². The first kappa shape index (κ1) is 23.5. The van der Waals surface area contributed by atoms with Gasteiger partial charge in [-0.3, -0.25) is 30.4 Å². The van der Waals surface area contributed by atoms with Crippen molar-refractivity contribution in [1.82, 2.24) is 31.5 Å². The predicted octanol–water partition coefficient (Wildman–Crippen LogP) is -2.35. The fourth-order valence-electron chi connectivity index (χ4n) is 3.27. The third-order valence-electron chi connectivity index (χ3n) is 4.96. The van der Waals surface area contributed by atoms with Crippen LogP contribution in [0.1, 0.15) is 12.8 Å². The van der Waals surface area contributed by atoms with Gasteiger partial charge in [0.2, 0.25) is 15.9 Å². The Balaban J connectivity index is 1.43. The van der Waals surface area contributed by atoms with Crippen molar-refractivity contribution in [3.8, 4) is 0 Å². The summed E-state index contributed by atoms with van der Waals surface area (Å²) in [7, 11) is -4.04. The van der Waals surface area contributed by atoms with Crippen molar-refractivity contribution in [1.29, 1.82) is 0 Å². The van der Waals surface area contributed by atoms with Gasteiger partial charge in [-0.15, -0.1) is 0 Å². The molecule has 0 spiro atoms. The molecule has 172 valence electrons. The molecule has 2 saturated heterocycles. The Morgan fingerprint density at radius 2 is 1.90 bits per heavy atom. The van der Waals surface area contributed by atoms with Gasteiger partial charge in [0.1, 0.15) is 18.4 Å². The van der Waals surface area contributed by atoms with Crippen LogP contribution in [0.2, 0.25) is 0 Å². The second kappa shape index (κ2) is 10.9. The van der Waals surface area contributed by atoms with Crippen LogP contribution in [-0.4, -0.2) is 76.1 Å². The summed E-state index contributed by atoms with van der Waals surface area (Å²) < 4.78 is 26.8. The normalized spacial score (nSPS) is 23.0. The number of carbonyl (C=O) groups excluding carboxylic acids is 1. The van der Waals surface area contributed by atoms with Crippen LogP contribution in [0.3, 0.4) is 0 Å². The molecule has 1 aromatic rings. The zero-order valence-corrected chi connectivity index (χ0v) is 17.7. The molecule has 2 fully saturated rings. The number of carboxylic acid groups (broad SMARTS) is 1. The van der Waals surface area contributed by atoms with Gasteiger partial charge in [-0.2, -0.15) is 10.2 Å². The Bertz CT molecular complexity index is 848. The van der Waals surface area contributed by atoms with Gasteiger partial charge in [0, 0.05) is 32.6 Å². The lowest BCUT2D eigenvalue weighted by atomic mass is 10.1. The van der Waals surface area contributed by atoms with Gasteiger partial charge in [0.15, 0.2) is 0 Å². The topological polar surface area (TPSA) is 170 Å². The lowest BCUT2D eigenvalue weighted by Crippen LogP contribution is -2.51. The smallest absolute Gasteiger partial charge is 0.323 e. The number of rotatable bonds is 11. The highest BCUT2D eigenvalue weighted by Gasteiger charge is 2.32. The molecule has 31 heavy (non-hydrogen) atoms. The highest BCUT2D eigenvalue weighted by Crippen LogP contribution is 2.14. The van der Waals surface area contributed by atoms with Crippen LogP contribution in [0.4, 0.5) is 0 Å². The molecule has 2 heterocycles. The molecule has 3 rings (SSSR count). The van der Waals surface area contributed by atoms with Crippen LogP contribution >= 0.6 is 0 Å². The number of amides is 1. The molecule has 0 saturated carbocycles. The van der Waals surface area contributed by atoms with Crippen molar-refractivity contribution < 1.29 is 28.0 Å². The van der Waals surface area contributed by atoms with E-state index in [0.29, 0.717) is 19.4 Å². The van der Waals surface area contributed by atoms with Crippen LogP contribution in [0.15, 0.2) is 35.2 Å². The summed E-state index contributed by atoms with van der Waals surface area (Å²) in [6, 6.07) is 5.27. The molecule has 1 amide bonds. The van der Waals surface area contributed by atoms with Gasteiger partial charge in [-0.1, -0.05) is 18.2 Å². The third-order valence-corrected chi connectivity index (χ3v) is 6.45. The van der Waals surface area contributed by atoms with Gasteiger partial charge in [0.25, 0.3) is 0 Å². The standard InChI is InChI=1S/C18H28N6O6S/c25-16(14-10-12(30-23-14)6-7-19-18-20-8-9-21-18)22-11-15(17(26)27)24-31(28,29)13-4-2-1-3-5-13/h1-5,12,14-15,18-21,23-24H,6-11H2,(H,22,25)(H,26,27). The summed E-state index contributed by atoms with van der Waals surface area (Å²) >= 11 is 0. The largest absolute Gasteiger partial charge is 0.480 e. The highest BCUT2D eigenvalue weighted by atomic mass is 32.2. The molecule has 13 heteroatoms. The van der Waals surface area contributed by atoms with E-state index in [1.807, 2.05) is 0 Å². The number of nitrogens with one attached hydrogen (secondary N) is 6. The lowest BCUT2D eigenvalue weighted by Gasteiger charge is -2.17. The summed E-state index contributed by atoms with van der Waals surface area (Å²) in [5.41, 5.74) is 2.65. The third kappa shape index (κ3) is 6.93. The first-order valence-electron chi connectivity index (χ1n) is 10.0. The molecule has 2 aliphatic rings. The summed E-state index contributed by atoms with van der Waals surface area (Å²) in [6.45, 7) is 2.10. The molecule has 0 aromatic heterocycles. The molecule has 12 nitrogen and oxygen atoms in total. The minimum absolute atomic E-state index is 0.0575. The molecule has 2 aliphatic heterocycles.